The molecule has 11 heteroatoms. The van der Waals surface area contributed by atoms with Gasteiger partial charge >= 0.3 is 0 Å². The number of amides is 2. The first-order valence-electron chi connectivity index (χ1n) is 14.3. The van der Waals surface area contributed by atoms with E-state index in [1.807, 2.05) is 24.3 Å². The van der Waals surface area contributed by atoms with E-state index in [1.54, 1.807) is 37.3 Å². The Bertz CT molecular complexity index is 1510. The van der Waals surface area contributed by atoms with Gasteiger partial charge in [0.05, 0.1) is 24.8 Å². The van der Waals surface area contributed by atoms with Gasteiger partial charge in [-0.25, -0.2) is 8.42 Å². The van der Waals surface area contributed by atoms with E-state index in [4.69, 9.17) is 9.47 Å². The number of ether oxygens (including phenoxy) is 2. The Morgan fingerprint density at radius 3 is 2.28 bits per heavy atom. The predicted molar refractivity (Wildman–Crippen MR) is 170 cm³/mol. The van der Waals surface area contributed by atoms with E-state index in [0.29, 0.717) is 11.5 Å². The zero-order valence-electron chi connectivity index (χ0n) is 24.7. The minimum absolute atomic E-state index is 0.0271. The van der Waals surface area contributed by atoms with Crippen molar-refractivity contribution in [3.63, 3.8) is 0 Å². The van der Waals surface area contributed by atoms with E-state index in [2.05, 4.69) is 21.2 Å². The van der Waals surface area contributed by atoms with Crippen LogP contribution >= 0.6 is 15.9 Å². The molecule has 0 bridgehead atoms. The van der Waals surface area contributed by atoms with E-state index in [-0.39, 0.29) is 29.1 Å². The number of hydrogen-bond donors (Lipinski definition) is 1. The molecular formula is C32H38BrN3O6S. The number of benzene rings is 3. The van der Waals surface area contributed by atoms with Crippen LogP contribution in [-0.4, -0.2) is 58.0 Å². The number of carbonyl (C=O) groups excluding carboxylic acids is 2. The first-order valence-corrected chi connectivity index (χ1v) is 16.5. The molecule has 0 radical (unpaired) electrons. The van der Waals surface area contributed by atoms with Crippen LogP contribution in [0.15, 0.2) is 82.2 Å². The minimum Gasteiger partial charge on any atom is -0.493 e. The summed E-state index contributed by atoms with van der Waals surface area (Å²) in [6.07, 6.45) is 5.06. The van der Waals surface area contributed by atoms with Gasteiger partial charge in [0.25, 0.3) is 10.0 Å². The van der Waals surface area contributed by atoms with Gasteiger partial charge in [-0.1, -0.05) is 65.5 Å². The van der Waals surface area contributed by atoms with Crippen LogP contribution in [0.25, 0.3) is 0 Å². The van der Waals surface area contributed by atoms with Crippen molar-refractivity contribution >= 4 is 43.5 Å². The molecule has 3 aromatic rings. The van der Waals surface area contributed by atoms with E-state index < -0.39 is 28.5 Å². The fraction of sp³-hybridized carbons (Fsp3) is 0.375. The summed E-state index contributed by atoms with van der Waals surface area (Å²) < 4.78 is 40.7. The molecule has 43 heavy (non-hydrogen) atoms. The SMILES string of the molecule is COc1ccc(N(CC(=O)N(Cc2cccc(Br)c2)[C@@H](C)C(=O)NC2CCCCC2)S(=O)(=O)c2ccccc2)cc1OC. The fourth-order valence-corrected chi connectivity index (χ4v) is 7.09. The molecule has 1 aliphatic rings. The number of sulfonamides is 1. The first-order chi connectivity index (χ1) is 20.6. The van der Waals surface area contributed by atoms with Gasteiger partial charge in [-0.2, -0.15) is 0 Å². The maximum atomic E-state index is 14.2. The molecule has 0 spiro atoms. The van der Waals surface area contributed by atoms with Crippen LogP contribution in [0.4, 0.5) is 5.69 Å². The number of hydrogen-bond acceptors (Lipinski definition) is 6. The third kappa shape index (κ3) is 8.08. The quantitative estimate of drug-likeness (QED) is 0.272. The lowest BCUT2D eigenvalue weighted by molar-refractivity contribution is -0.139. The lowest BCUT2D eigenvalue weighted by Crippen LogP contribution is -2.53. The predicted octanol–water partition coefficient (Wildman–Crippen LogP) is 5.53. The smallest absolute Gasteiger partial charge is 0.264 e. The van der Waals surface area contributed by atoms with Crippen LogP contribution in [0.1, 0.15) is 44.6 Å². The number of nitrogens with one attached hydrogen (secondary N) is 1. The molecule has 1 fully saturated rings. The van der Waals surface area contributed by atoms with Crippen LogP contribution in [0.5, 0.6) is 11.5 Å². The van der Waals surface area contributed by atoms with Crippen molar-refractivity contribution in [2.24, 2.45) is 0 Å². The second-order valence-electron chi connectivity index (χ2n) is 10.5. The summed E-state index contributed by atoms with van der Waals surface area (Å²) in [6.45, 7) is 1.25. The fourth-order valence-electron chi connectivity index (χ4n) is 5.21. The van der Waals surface area contributed by atoms with Gasteiger partial charge in [0, 0.05) is 23.1 Å². The Morgan fingerprint density at radius 1 is 0.930 bits per heavy atom. The monoisotopic (exact) mass is 671 g/mol. The average molecular weight is 673 g/mol. The Labute approximate surface area is 262 Å². The molecular weight excluding hydrogens is 634 g/mol. The van der Waals surface area contributed by atoms with Crippen LogP contribution < -0.4 is 19.1 Å². The number of anilines is 1. The highest BCUT2D eigenvalue weighted by molar-refractivity contribution is 9.10. The summed E-state index contributed by atoms with van der Waals surface area (Å²) in [7, 11) is -1.26. The average Bonchev–Trinajstić information content (AvgIpc) is 3.02. The van der Waals surface area contributed by atoms with Gasteiger partial charge in [0.2, 0.25) is 11.8 Å². The summed E-state index contributed by atoms with van der Waals surface area (Å²) >= 11 is 3.48. The Hall–Kier alpha value is -3.57. The van der Waals surface area contributed by atoms with E-state index in [0.717, 1.165) is 46.4 Å². The molecule has 0 unspecified atom stereocenters. The first kappa shape index (κ1) is 32.3. The molecule has 1 saturated carbocycles. The lowest BCUT2D eigenvalue weighted by Gasteiger charge is -2.33. The lowest BCUT2D eigenvalue weighted by atomic mass is 9.95. The molecule has 2 amide bonds. The Kier molecular flexibility index (Phi) is 11.1. The molecule has 230 valence electrons. The highest BCUT2D eigenvalue weighted by Crippen LogP contribution is 2.34. The van der Waals surface area contributed by atoms with Crippen molar-refractivity contribution in [3.05, 3.63) is 82.8 Å². The van der Waals surface area contributed by atoms with E-state index in [9.17, 15) is 18.0 Å². The minimum atomic E-state index is -4.19. The number of halogens is 1. The maximum absolute atomic E-state index is 14.2. The van der Waals surface area contributed by atoms with Crippen LogP contribution in [0.3, 0.4) is 0 Å². The van der Waals surface area contributed by atoms with Gasteiger partial charge in [0.15, 0.2) is 11.5 Å². The van der Waals surface area contributed by atoms with Crippen LogP contribution in [0, 0.1) is 0 Å². The van der Waals surface area contributed by atoms with Gasteiger partial charge < -0.3 is 19.7 Å². The molecule has 9 nitrogen and oxygen atoms in total. The summed E-state index contributed by atoms with van der Waals surface area (Å²) in [5.74, 6) is -0.0646. The van der Waals surface area contributed by atoms with Gasteiger partial charge in [0.1, 0.15) is 12.6 Å². The standard InChI is InChI=1S/C32H38BrN3O6S/c1-23(32(38)34-26-13-6-4-7-14-26)35(21-24-11-10-12-25(33)19-24)31(37)22-36(43(39,40)28-15-8-5-9-16-28)27-17-18-29(41-2)30(20-27)42-3/h5,8-12,15-20,23,26H,4,6-7,13-14,21-22H2,1-3H3,(H,34,38)/t23-/m0/s1. The third-order valence-corrected chi connectivity index (χ3v) is 9.91. The van der Waals surface area contributed by atoms with Crippen molar-refractivity contribution in [2.75, 3.05) is 25.1 Å². The zero-order chi connectivity index (χ0) is 31.0. The largest absolute Gasteiger partial charge is 0.493 e. The van der Waals surface area contributed by atoms with Gasteiger partial charge in [-0.05, 0) is 61.7 Å². The summed E-state index contributed by atoms with van der Waals surface area (Å²) in [5, 5.41) is 3.12. The highest BCUT2D eigenvalue weighted by atomic mass is 79.9. The zero-order valence-corrected chi connectivity index (χ0v) is 27.1. The van der Waals surface area contributed by atoms with Crippen LogP contribution in [0.2, 0.25) is 0 Å². The molecule has 3 aromatic carbocycles. The normalized spacial score (nSPS) is 14.4. The molecule has 0 heterocycles. The Morgan fingerprint density at radius 2 is 1.63 bits per heavy atom. The molecule has 1 N–H and O–H groups in total. The molecule has 4 rings (SSSR count). The van der Waals surface area contributed by atoms with Crippen molar-refractivity contribution in [3.8, 4) is 11.5 Å². The Balaban J connectivity index is 1.71. The molecule has 1 atom stereocenters. The van der Waals surface area contributed by atoms with Crippen LogP contribution in [-0.2, 0) is 26.2 Å². The summed E-state index contributed by atoms with van der Waals surface area (Å²) in [6, 6.07) is 19.3. The number of carbonyl (C=O) groups is 2. The summed E-state index contributed by atoms with van der Waals surface area (Å²) in [5.41, 5.74) is 1.01. The van der Waals surface area contributed by atoms with E-state index in [1.165, 1.54) is 37.3 Å². The molecule has 0 aromatic heterocycles. The second-order valence-corrected chi connectivity index (χ2v) is 13.3. The maximum Gasteiger partial charge on any atom is 0.264 e. The molecule has 0 saturated heterocycles. The topological polar surface area (TPSA) is 105 Å². The second kappa shape index (κ2) is 14.7. The van der Waals surface area contributed by atoms with Crippen molar-refractivity contribution in [2.45, 2.75) is 62.6 Å². The number of methoxy groups -OCH3 is 2. The van der Waals surface area contributed by atoms with Crippen molar-refractivity contribution < 1.29 is 27.5 Å². The molecule has 0 aliphatic heterocycles. The van der Waals surface area contributed by atoms with E-state index >= 15 is 0 Å². The number of rotatable bonds is 12. The van der Waals surface area contributed by atoms with Crippen molar-refractivity contribution in [1.82, 2.24) is 10.2 Å². The summed E-state index contributed by atoms with van der Waals surface area (Å²) in [4.78, 5) is 29.1. The molecule has 1 aliphatic carbocycles. The number of nitrogens with zero attached hydrogens (tertiary/aromatic N) is 2. The highest BCUT2D eigenvalue weighted by Gasteiger charge is 2.33. The third-order valence-electron chi connectivity index (χ3n) is 7.63. The van der Waals surface area contributed by atoms with Gasteiger partial charge in [-0.15, -0.1) is 0 Å². The van der Waals surface area contributed by atoms with Gasteiger partial charge in [-0.3, -0.25) is 13.9 Å². The van der Waals surface area contributed by atoms with Crippen molar-refractivity contribution in [1.29, 1.82) is 0 Å².